The average molecular weight is 320 g/mol. The van der Waals surface area contributed by atoms with Gasteiger partial charge in [-0.15, -0.1) is 0 Å². The molecule has 0 unspecified atom stereocenters. The Balaban J connectivity index is 3.00. The third-order valence-electron chi connectivity index (χ3n) is 2.68. The predicted molar refractivity (Wildman–Crippen MR) is 69.5 cm³/mol. The molecule has 0 amide bonds. The topological polar surface area (TPSA) is 107 Å². The smallest absolute Gasteiger partial charge is 0.306 e. The number of hydrogen-bond donors (Lipinski definition) is 0. The van der Waals surface area contributed by atoms with Crippen molar-refractivity contribution in [3.05, 3.63) is 34.1 Å². The molecule has 1 aromatic rings. The maximum absolute atomic E-state index is 13.5. The number of carbonyl (C=O) groups is 1. The van der Waals surface area contributed by atoms with Crippen molar-refractivity contribution in [3.8, 4) is 0 Å². The first-order valence-corrected chi connectivity index (χ1v) is 7.11. The van der Waals surface area contributed by atoms with Crippen LogP contribution in [0, 0.1) is 15.9 Å². The van der Waals surface area contributed by atoms with Gasteiger partial charge in [-0.25, -0.2) is 12.7 Å². The lowest BCUT2D eigenvalue weighted by Crippen LogP contribution is -2.29. The second-order valence-corrected chi connectivity index (χ2v) is 6.07. The molecule has 0 N–H and O–H groups in total. The Labute approximate surface area is 120 Å². The van der Waals surface area contributed by atoms with E-state index in [9.17, 15) is 27.7 Å². The van der Waals surface area contributed by atoms with Gasteiger partial charge in [0.25, 0.3) is 0 Å². The number of carbonyl (C=O) groups excluding carboxylic acids is 1. The molecule has 10 heteroatoms. The zero-order valence-corrected chi connectivity index (χ0v) is 12.1. The van der Waals surface area contributed by atoms with Crippen LogP contribution in [0.15, 0.2) is 23.1 Å². The first-order chi connectivity index (χ1) is 9.70. The van der Waals surface area contributed by atoms with E-state index < -0.39 is 37.3 Å². The van der Waals surface area contributed by atoms with Crippen molar-refractivity contribution in [1.29, 1.82) is 0 Å². The molecule has 0 fully saturated rings. The Morgan fingerprint density at radius 2 is 2.10 bits per heavy atom. The number of sulfonamides is 1. The Morgan fingerprint density at radius 1 is 1.48 bits per heavy atom. The Bertz CT molecular complexity index is 661. The van der Waals surface area contributed by atoms with Gasteiger partial charge in [0.05, 0.1) is 23.3 Å². The largest absolute Gasteiger partial charge is 0.469 e. The lowest BCUT2D eigenvalue weighted by atomic mass is 10.3. The quantitative estimate of drug-likeness (QED) is 0.438. The van der Waals surface area contributed by atoms with E-state index in [0.29, 0.717) is 6.07 Å². The van der Waals surface area contributed by atoms with Gasteiger partial charge in [0.1, 0.15) is 0 Å². The molecule has 0 aliphatic heterocycles. The van der Waals surface area contributed by atoms with Crippen LogP contribution in [-0.2, 0) is 19.6 Å². The van der Waals surface area contributed by atoms with Gasteiger partial charge in [-0.2, -0.15) is 4.39 Å². The first kappa shape index (κ1) is 17.0. The monoisotopic (exact) mass is 320 g/mol. The third-order valence-corrected chi connectivity index (χ3v) is 4.54. The number of methoxy groups -OCH3 is 1. The first-order valence-electron chi connectivity index (χ1n) is 5.67. The van der Waals surface area contributed by atoms with Crippen LogP contribution >= 0.6 is 0 Å². The van der Waals surface area contributed by atoms with Crippen LogP contribution in [0.4, 0.5) is 10.1 Å². The number of rotatable bonds is 6. The molecule has 0 saturated carbocycles. The van der Waals surface area contributed by atoms with Crippen LogP contribution in [0.25, 0.3) is 0 Å². The second kappa shape index (κ2) is 6.59. The molecular weight excluding hydrogens is 307 g/mol. The van der Waals surface area contributed by atoms with E-state index in [0.717, 1.165) is 16.4 Å². The molecule has 0 spiro atoms. The molecule has 0 heterocycles. The summed E-state index contributed by atoms with van der Waals surface area (Å²) in [5.41, 5.74) is -0.814. The van der Waals surface area contributed by atoms with E-state index in [1.54, 1.807) is 0 Å². The lowest BCUT2D eigenvalue weighted by Gasteiger charge is -2.16. The SMILES string of the molecule is COC(=O)CCN(C)S(=O)(=O)c1ccc([N+](=O)[O-])c(F)c1. The van der Waals surface area contributed by atoms with Crippen molar-refractivity contribution < 1.29 is 27.3 Å². The van der Waals surface area contributed by atoms with Gasteiger partial charge in [-0.3, -0.25) is 14.9 Å². The molecule has 0 aliphatic carbocycles. The molecule has 8 nitrogen and oxygen atoms in total. The van der Waals surface area contributed by atoms with Crippen molar-refractivity contribution in [3.63, 3.8) is 0 Å². The molecule has 116 valence electrons. The summed E-state index contributed by atoms with van der Waals surface area (Å²) in [4.78, 5) is 20.1. The maximum atomic E-state index is 13.5. The summed E-state index contributed by atoms with van der Waals surface area (Å²) in [6, 6.07) is 2.28. The van der Waals surface area contributed by atoms with Gasteiger partial charge in [0, 0.05) is 25.7 Å². The number of benzene rings is 1. The highest BCUT2D eigenvalue weighted by molar-refractivity contribution is 7.89. The molecular formula is C11H13FN2O6S. The van der Waals surface area contributed by atoms with E-state index in [1.165, 1.54) is 14.2 Å². The maximum Gasteiger partial charge on any atom is 0.306 e. The number of hydrogen-bond acceptors (Lipinski definition) is 6. The Morgan fingerprint density at radius 3 is 2.57 bits per heavy atom. The van der Waals surface area contributed by atoms with Crippen LogP contribution < -0.4 is 0 Å². The van der Waals surface area contributed by atoms with Gasteiger partial charge in [0.15, 0.2) is 0 Å². The van der Waals surface area contributed by atoms with E-state index in [-0.39, 0.29) is 13.0 Å². The van der Waals surface area contributed by atoms with Crippen LogP contribution in [0.3, 0.4) is 0 Å². The lowest BCUT2D eigenvalue weighted by molar-refractivity contribution is -0.387. The zero-order valence-electron chi connectivity index (χ0n) is 11.3. The third kappa shape index (κ3) is 3.95. The predicted octanol–water partition coefficient (Wildman–Crippen LogP) is 0.917. The molecule has 0 aromatic heterocycles. The minimum Gasteiger partial charge on any atom is -0.469 e. The number of halogens is 1. The minimum atomic E-state index is -4.04. The van der Waals surface area contributed by atoms with Crippen LogP contribution in [0.5, 0.6) is 0 Å². The van der Waals surface area contributed by atoms with Gasteiger partial charge >= 0.3 is 11.7 Å². The fourth-order valence-electron chi connectivity index (χ4n) is 1.45. The number of esters is 1. The molecule has 0 aliphatic rings. The zero-order chi connectivity index (χ0) is 16.2. The number of nitro groups is 1. The van der Waals surface area contributed by atoms with Gasteiger partial charge in [0.2, 0.25) is 15.8 Å². The minimum absolute atomic E-state index is 0.159. The summed E-state index contributed by atoms with van der Waals surface area (Å²) in [6.45, 7) is -0.159. The molecule has 1 aromatic carbocycles. The van der Waals surface area contributed by atoms with Crippen LogP contribution in [0.2, 0.25) is 0 Å². The van der Waals surface area contributed by atoms with Crippen LogP contribution in [-0.4, -0.2) is 44.3 Å². The number of ether oxygens (including phenoxy) is 1. The second-order valence-electron chi connectivity index (χ2n) is 4.02. The van der Waals surface area contributed by atoms with Gasteiger partial charge in [-0.1, -0.05) is 0 Å². The standard InChI is InChI=1S/C11H13FN2O6S/c1-13(6-5-11(15)20-2)21(18,19)8-3-4-10(14(16)17)9(12)7-8/h3-4,7H,5-6H2,1-2H3. The summed E-state index contributed by atoms with van der Waals surface area (Å²) in [5.74, 6) is -1.84. The van der Waals surface area contributed by atoms with E-state index >= 15 is 0 Å². The van der Waals surface area contributed by atoms with Crippen LogP contribution in [0.1, 0.15) is 6.42 Å². The Hall–Kier alpha value is -2.07. The molecule has 0 saturated heterocycles. The fourth-order valence-corrected chi connectivity index (χ4v) is 2.63. The summed E-state index contributed by atoms with van der Waals surface area (Å²) in [7, 11) is -1.67. The van der Waals surface area contributed by atoms with Crippen molar-refractivity contribution in [2.75, 3.05) is 20.7 Å². The van der Waals surface area contributed by atoms with E-state index in [4.69, 9.17) is 0 Å². The molecule has 0 atom stereocenters. The van der Waals surface area contributed by atoms with Crippen molar-refractivity contribution in [2.45, 2.75) is 11.3 Å². The van der Waals surface area contributed by atoms with Crippen molar-refractivity contribution in [2.24, 2.45) is 0 Å². The molecule has 1 rings (SSSR count). The summed E-state index contributed by atoms with van der Waals surface area (Å²) >= 11 is 0. The highest BCUT2D eigenvalue weighted by Crippen LogP contribution is 2.22. The molecule has 0 bridgehead atoms. The molecule has 0 radical (unpaired) electrons. The number of nitro benzene ring substituents is 1. The summed E-state index contributed by atoms with van der Waals surface area (Å²) in [5, 5.41) is 10.5. The number of nitrogens with zero attached hydrogens (tertiary/aromatic N) is 2. The average Bonchev–Trinajstić information content (AvgIpc) is 2.43. The van der Waals surface area contributed by atoms with Gasteiger partial charge < -0.3 is 4.74 Å². The fraction of sp³-hybridized carbons (Fsp3) is 0.364. The molecule has 21 heavy (non-hydrogen) atoms. The highest BCUT2D eigenvalue weighted by atomic mass is 32.2. The Kier molecular flexibility index (Phi) is 5.33. The highest BCUT2D eigenvalue weighted by Gasteiger charge is 2.24. The summed E-state index contributed by atoms with van der Waals surface area (Å²) in [6.07, 6.45) is -0.165. The van der Waals surface area contributed by atoms with E-state index in [1.807, 2.05) is 0 Å². The summed E-state index contributed by atoms with van der Waals surface area (Å²) < 4.78 is 42.9. The van der Waals surface area contributed by atoms with Crippen molar-refractivity contribution >= 4 is 21.7 Å². The van der Waals surface area contributed by atoms with Crippen molar-refractivity contribution in [1.82, 2.24) is 4.31 Å². The normalized spacial score (nSPS) is 11.4. The van der Waals surface area contributed by atoms with E-state index in [2.05, 4.69) is 4.74 Å². The van der Waals surface area contributed by atoms with Gasteiger partial charge in [-0.05, 0) is 6.07 Å².